The Morgan fingerprint density at radius 3 is 1.02 bits per heavy atom. The normalized spacial score (nSPS) is 9.61. The summed E-state index contributed by atoms with van der Waals surface area (Å²) in [5.41, 5.74) is 10.8. The molecule has 0 spiro atoms. The SMILES string of the molecule is [C-]#Cc1ccccc1.[Pt+2].[Ru+2].[c-]1ccccc1-c1nc(-c2ccccn2)c(-c2ccccn2)nc1-c1ccccc1.c1ccc(-c2ccccn2)nc1.c1ccc(-c2ccccn2)nc1. The third kappa shape index (κ3) is 13.8. The predicted octanol–water partition coefficient (Wildman–Crippen LogP) is 11.6. The molecule has 0 atom stereocenters. The van der Waals surface area contributed by atoms with E-state index in [1.807, 2.05) is 194 Å². The predicted molar refractivity (Wildman–Crippen MR) is 246 cm³/mol. The van der Waals surface area contributed by atoms with Crippen molar-refractivity contribution in [1.82, 2.24) is 39.9 Å². The van der Waals surface area contributed by atoms with Gasteiger partial charge in [-0.2, -0.15) is 0 Å². The topological polar surface area (TPSA) is 103 Å². The zero-order valence-corrected chi connectivity index (χ0v) is 38.2. The molecule has 10 aromatic rings. The van der Waals surface area contributed by atoms with Gasteiger partial charge in [0, 0.05) is 42.9 Å². The minimum absolute atomic E-state index is 0. The van der Waals surface area contributed by atoms with Gasteiger partial charge in [-0.1, -0.05) is 84.9 Å². The van der Waals surface area contributed by atoms with Crippen molar-refractivity contribution >= 4 is 0 Å². The van der Waals surface area contributed by atoms with Gasteiger partial charge in [-0.05, 0) is 78.4 Å². The smallest absolute Gasteiger partial charge is 0.366 e. The fraction of sp³-hybridized carbons (Fsp3) is 0. The fourth-order valence-electron chi connectivity index (χ4n) is 5.90. The van der Waals surface area contributed by atoms with Gasteiger partial charge < -0.3 is 6.42 Å². The molecular weight excluding hydrogens is 1060 g/mol. The van der Waals surface area contributed by atoms with Gasteiger partial charge in [-0.3, -0.25) is 45.8 Å². The molecule has 0 N–H and O–H groups in total. The molecule has 0 aliphatic carbocycles. The summed E-state index contributed by atoms with van der Waals surface area (Å²) >= 11 is 0. The van der Waals surface area contributed by atoms with Crippen LogP contribution in [0.1, 0.15) is 5.56 Å². The van der Waals surface area contributed by atoms with Crippen LogP contribution in [0.15, 0.2) is 231 Å². The van der Waals surface area contributed by atoms with Gasteiger partial charge in [-0.15, -0.1) is 53.6 Å². The summed E-state index contributed by atoms with van der Waals surface area (Å²) in [5, 5.41) is 0. The van der Waals surface area contributed by atoms with E-state index in [1.165, 1.54) is 0 Å². The number of benzene rings is 3. The zero-order chi connectivity index (χ0) is 42.4. The monoisotopic (exact) mass is 1100 g/mol. The van der Waals surface area contributed by atoms with Crippen LogP contribution in [0.4, 0.5) is 0 Å². The Hall–Kier alpha value is -7.49. The van der Waals surface area contributed by atoms with Crippen molar-refractivity contribution in [2.75, 3.05) is 0 Å². The van der Waals surface area contributed by atoms with Crippen molar-refractivity contribution < 1.29 is 40.5 Å². The van der Waals surface area contributed by atoms with Gasteiger partial charge in [0.2, 0.25) is 0 Å². The summed E-state index contributed by atoms with van der Waals surface area (Å²) in [5.74, 6) is 2.28. The van der Waals surface area contributed by atoms with Crippen LogP contribution in [0.2, 0.25) is 0 Å². The van der Waals surface area contributed by atoms with Crippen LogP contribution in [0, 0.1) is 18.4 Å². The molecule has 0 aliphatic heterocycles. The van der Waals surface area contributed by atoms with Crippen molar-refractivity contribution in [2.24, 2.45) is 0 Å². The Morgan fingerprint density at radius 2 is 0.688 bits per heavy atom. The summed E-state index contributed by atoms with van der Waals surface area (Å²) in [7, 11) is 0. The van der Waals surface area contributed by atoms with Gasteiger partial charge in [0.15, 0.2) is 0 Å². The summed E-state index contributed by atoms with van der Waals surface area (Å²) in [6.07, 6.45) is 17.3. The van der Waals surface area contributed by atoms with E-state index in [2.05, 4.69) is 41.9 Å². The Labute approximate surface area is 401 Å². The van der Waals surface area contributed by atoms with Crippen molar-refractivity contribution in [3.05, 3.63) is 249 Å². The second-order valence-electron chi connectivity index (χ2n) is 13.0. The molecule has 0 unspecified atom stereocenters. The molecular formula is C54H38N8PtRu+2. The number of aromatic nitrogens is 8. The molecule has 0 radical (unpaired) electrons. The Morgan fingerprint density at radius 1 is 0.344 bits per heavy atom. The molecule has 0 saturated heterocycles. The molecule has 0 aliphatic rings. The first-order valence-corrected chi connectivity index (χ1v) is 19.7. The summed E-state index contributed by atoms with van der Waals surface area (Å²) in [6, 6.07) is 65.3. The molecule has 0 amide bonds. The number of hydrogen-bond acceptors (Lipinski definition) is 8. The van der Waals surface area contributed by atoms with E-state index in [-0.39, 0.29) is 40.5 Å². The first kappa shape index (κ1) is 47.6. The maximum atomic E-state index is 6.69. The molecule has 7 heterocycles. The first-order chi connectivity index (χ1) is 30.8. The van der Waals surface area contributed by atoms with Crippen LogP contribution in [-0.2, 0) is 40.5 Å². The van der Waals surface area contributed by atoms with E-state index >= 15 is 0 Å². The molecule has 64 heavy (non-hydrogen) atoms. The van der Waals surface area contributed by atoms with Crippen LogP contribution in [0.5, 0.6) is 0 Å². The Balaban J connectivity index is 0.000000186. The van der Waals surface area contributed by atoms with Crippen LogP contribution >= 0.6 is 0 Å². The van der Waals surface area contributed by atoms with Crippen molar-refractivity contribution in [1.29, 1.82) is 0 Å². The van der Waals surface area contributed by atoms with Gasteiger partial charge in [0.25, 0.3) is 0 Å². The third-order valence-corrected chi connectivity index (χ3v) is 8.82. The Kier molecular flexibility index (Phi) is 19.4. The largest absolute Gasteiger partial charge is 2.00 e. The minimum atomic E-state index is 0. The molecule has 310 valence electrons. The fourth-order valence-corrected chi connectivity index (χ4v) is 5.90. The molecule has 7 aromatic heterocycles. The number of pyridine rings is 6. The van der Waals surface area contributed by atoms with E-state index in [0.717, 1.165) is 62.2 Å². The van der Waals surface area contributed by atoms with Gasteiger partial charge in [0.05, 0.1) is 39.9 Å². The van der Waals surface area contributed by atoms with Gasteiger partial charge in [-0.25, -0.2) is 0 Å². The molecule has 8 nitrogen and oxygen atoms in total. The third-order valence-electron chi connectivity index (χ3n) is 8.82. The van der Waals surface area contributed by atoms with E-state index < -0.39 is 0 Å². The van der Waals surface area contributed by atoms with Crippen molar-refractivity contribution in [3.8, 4) is 74.0 Å². The average Bonchev–Trinajstić information content (AvgIpc) is 3.39. The maximum absolute atomic E-state index is 6.69. The quantitative estimate of drug-likeness (QED) is 0.0922. The van der Waals surface area contributed by atoms with Gasteiger partial charge in [0.1, 0.15) is 11.4 Å². The van der Waals surface area contributed by atoms with E-state index in [0.29, 0.717) is 11.4 Å². The van der Waals surface area contributed by atoms with E-state index in [9.17, 15) is 0 Å². The number of hydrogen-bond donors (Lipinski definition) is 0. The zero-order valence-electron chi connectivity index (χ0n) is 34.2. The first-order valence-electron chi connectivity index (χ1n) is 19.7. The number of rotatable bonds is 6. The van der Waals surface area contributed by atoms with Crippen LogP contribution in [-0.4, -0.2) is 39.9 Å². The average molecular weight is 1100 g/mol. The van der Waals surface area contributed by atoms with Crippen molar-refractivity contribution in [3.63, 3.8) is 0 Å². The van der Waals surface area contributed by atoms with Crippen LogP contribution < -0.4 is 0 Å². The van der Waals surface area contributed by atoms with Crippen LogP contribution in [0.25, 0.3) is 68.1 Å². The van der Waals surface area contributed by atoms with E-state index in [1.54, 1.807) is 37.2 Å². The molecule has 10 rings (SSSR count). The standard InChI is InChI=1S/C26H17N4.2C10H8N2.C8H5.Pt.Ru/c1-3-11-19(12-4-1)23-24(20-13-5-2-6-14-20)30-26(22-16-8-10-18-28-22)25(29-23)21-15-7-9-17-27-21;2*1-3-7-11-9(5-1)10-6-2-4-8-12-10;1-2-8-6-4-3-5-7-8;;/h1-13,15-18H;2*1-8H;3-7H;;/q-1;;;-1;2*+2. The molecule has 10 heteroatoms. The minimum Gasteiger partial charge on any atom is -0.366 e. The maximum Gasteiger partial charge on any atom is 2.00 e. The Bertz CT molecular complexity index is 2520. The molecule has 0 fully saturated rings. The summed E-state index contributed by atoms with van der Waals surface area (Å²) in [4.78, 5) is 36.0. The number of nitrogens with zero attached hydrogens (tertiary/aromatic N) is 8. The second-order valence-corrected chi connectivity index (χ2v) is 13.0. The molecule has 3 aromatic carbocycles. The second kappa shape index (κ2) is 26.1. The van der Waals surface area contributed by atoms with Crippen molar-refractivity contribution in [2.45, 2.75) is 0 Å². The summed E-state index contributed by atoms with van der Waals surface area (Å²) in [6.45, 7) is 0. The van der Waals surface area contributed by atoms with E-state index in [4.69, 9.17) is 16.4 Å². The molecule has 0 saturated carbocycles. The summed E-state index contributed by atoms with van der Waals surface area (Å²) < 4.78 is 0. The molecule has 0 bridgehead atoms. The van der Waals surface area contributed by atoms with Gasteiger partial charge >= 0.3 is 40.5 Å². The van der Waals surface area contributed by atoms with Crippen LogP contribution in [0.3, 0.4) is 0 Å².